The van der Waals surface area contributed by atoms with E-state index in [9.17, 15) is 0 Å². The summed E-state index contributed by atoms with van der Waals surface area (Å²) in [4.78, 5) is 16.7. The fourth-order valence-corrected chi connectivity index (χ4v) is 1.94. The Balaban J connectivity index is 1.84. The van der Waals surface area contributed by atoms with Crippen molar-refractivity contribution in [3.05, 3.63) is 60.3 Å². The number of hydrogen-bond donors (Lipinski definition) is 1. The van der Waals surface area contributed by atoms with Crippen LogP contribution in [-0.2, 0) is 0 Å². The molecule has 1 aromatic carbocycles. The molecule has 0 aliphatic carbocycles. The van der Waals surface area contributed by atoms with Gasteiger partial charge in [0.2, 0.25) is 0 Å². The van der Waals surface area contributed by atoms with Gasteiger partial charge < -0.3 is 5.32 Å². The van der Waals surface area contributed by atoms with E-state index in [0.717, 1.165) is 16.9 Å². The summed E-state index contributed by atoms with van der Waals surface area (Å²) in [6.45, 7) is 1.93. The van der Waals surface area contributed by atoms with E-state index < -0.39 is 0 Å². The lowest BCUT2D eigenvalue weighted by atomic mass is 10.2. The molecule has 6 heteroatoms. The molecule has 0 saturated heterocycles. The topological polar surface area (TPSA) is 87.4 Å². The predicted octanol–water partition coefficient (Wildman–Crippen LogP) is 2.86. The normalized spacial score (nSPS) is 10.0. The summed E-state index contributed by atoms with van der Waals surface area (Å²) in [5.41, 5.74) is 2.92. The van der Waals surface area contributed by atoms with Crippen molar-refractivity contribution in [1.82, 2.24) is 19.9 Å². The van der Waals surface area contributed by atoms with Crippen molar-refractivity contribution in [3.63, 3.8) is 0 Å². The quantitative estimate of drug-likeness (QED) is 0.797. The van der Waals surface area contributed by atoms with Crippen molar-refractivity contribution in [2.24, 2.45) is 0 Å². The predicted molar refractivity (Wildman–Crippen MR) is 82.2 cm³/mol. The summed E-state index contributed by atoms with van der Waals surface area (Å²) in [6.07, 6.45) is 4.77. The lowest BCUT2D eigenvalue weighted by molar-refractivity contribution is 1.11. The molecule has 0 aliphatic heterocycles. The van der Waals surface area contributed by atoms with Crippen LogP contribution in [0.5, 0.6) is 0 Å². The zero-order valence-electron chi connectivity index (χ0n) is 11.9. The van der Waals surface area contributed by atoms with Gasteiger partial charge in [0.1, 0.15) is 6.07 Å². The van der Waals surface area contributed by atoms with Crippen LogP contribution in [0.15, 0.2) is 48.9 Å². The standard InChI is InChI=1S/C16H12N6/c1-11-6-7-19-15(21-11)12-2-4-13(5-3-12)22-16-14(10-17)18-8-9-20-16/h2-9H,1H3,(H,20,22). The highest BCUT2D eigenvalue weighted by Gasteiger charge is 2.05. The largest absolute Gasteiger partial charge is 0.338 e. The number of aromatic nitrogens is 4. The van der Waals surface area contributed by atoms with E-state index in [1.165, 1.54) is 12.4 Å². The highest BCUT2D eigenvalue weighted by Crippen LogP contribution is 2.21. The maximum Gasteiger partial charge on any atom is 0.183 e. The van der Waals surface area contributed by atoms with Crippen molar-refractivity contribution in [2.75, 3.05) is 5.32 Å². The molecule has 0 atom stereocenters. The van der Waals surface area contributed by atoms with Gasteiger partial charge in [-0.25, -0.2) is 19.9 Å². The molecule has 0 aliphatic rings. The fourth-order valence-electron chi connectivity index (χ4n) is 1.94. The average molecular weight is 288 g/mol. The Morgan fingerprint density at radius 1 is 0.955 bits per heavy atom. The van der Waals surface area contributed by atoms with E-state index in [1.54, 1.807) is 6.20 Å². The van der Waals surface area contributed by atoms with Crippen molar-refractivity contribution in [2.45, 2.75) is 6.92 Å². The maximum atomic E-state index is 9.01. The Kier molecular flexibility index (Phi) is 3.70. The van der Waals surface area contributed by atoms with E-state index in [-0.39, 0.29) is 5.69 Å². The fraction of sp³-hybridized carbons (Fsp3) is 0.0625. The van der Waals surface area contributed by atoms with Crippen LogP contribution in [0.2, 0.25) is 0 Å². The van der Waals surface area contributed by atoms with Crippen LogP contribution in [0.3, 0.4) is 0 Å². The second kappa shape index (κ2) is 5.97. The lowest BCUT2D eigenvalue weighted by Crippen LogP contribution is -1.98. The molecule has 0 fully saturated rings. The summed E-state index contributed by atoms with van der Waals surface area (Å²) in [5.74, 6) is 1.12. The van der Waals surface area contributed by atoms with Crippen molar-refractivity contribution in [3.8, 4) is 17.5 Å². The Morgan fingerprint density at radius 2 is 1.73 bits per heavy atom. The molecule has 3 aromatic rings. The highest BCUT2D eigenvalue weighted by molar-refractivity contribution is 5.65. The molecule has 0 amide bonds. The number of benzene rings is 1. The first-order valence-corrected chi connectivity index (χ1v) is 6.64. The first-order valence-electron chi connectivity index (χ1n) is 6.64. The van der Waals surface area contributed by atoms with Gasteiger partial charge in [-0.1, -0.05) is 0 Å². The molecule has 2 heterocycles. The first kappa shape index (κ1) is 13.6. The van der Waals surface area contributed by atoms with Crippen LogP contribution in [0, 0.1) is 18.3 Å². The first-order chi connectivity index (χ1) is 10.8. The number of nitrogens with one attached hydrogen (secondary N) is 1. The van der Waals surface area contributed by atoms with E-state index >= 15 is 0 Å². The summed E-state index contributed by atoms with van der Waals surface area (Å²) < 4.78 is 0. The number of nitriles is 1. The summed E-state index contributed by atoms with van der Waals surface area (Å²) in [7, 11) is 0. The van der Waals surface area contributed by atoms with Crippen LogP contribution >= 0.6 is 0 Å². The highest BCUT2D eigenvalue weighted by atomic mass is 15.0. The van der Waals surface area contributed by atoms with Crippen LogP contribution in [0.25, 0.3) is 11.4 Å². The third-order valence-electron chi connectivity index (χ3n) is 3.00. The zero-order chi connectivity index (χ0) is 15.4. The Bertz CT molecular complexity index is 836. The van der Waals surface area contributed by atoms with Gasteiger partial charge in [-0.2, -0.15) is 5.26 Å². The molecule has 0 unspecified atom stereocenters. The molecule has 2 aromatic heterocycles. The number of anilines is 2. The number of aryl methyl sites for hydroxylation is 1. The van der Waals surface area contributed by atoms with E-state index in [1.807, 2.05) is 43.3 Å². The van der Waals surface area contributed by atoms with Crippen molar-refractivity contribution in [1.29, 1.82) is 5.26 Å². The SMILES string of the molecule is Cc1ccnc(-c2ccc(Nc3nccnc3C#N)cc2)n1. The minimum absolute atomic E-state index is 0.258. The summed E-state index contributed by atoms with van der Waals surface area (Å²) in [5, 5.41) is 12.1. The minimum Gasteiger partial charge on any atom is -0.338 e. The summed E-state index contributed by atoms with van der Waals surface area (Å²) >= 11 is 0. The minimum atomic E-state index is 0.258. The number of hydrogen-bond acceptors (Lipinski definition) is 6. The van der Waals surface area contributed by atoms with Crippen LogP contribution in [0.4, 0.5) is 11.5 Å². The monoisotopic (exact) mass is 288 g/mol. The maximum absolute atomic E-state index is 9.01. The van der Waals surface area contributed by atoms with Crippen LogP contribution in [0.1, 0.15) is 11.4 Å². The van der Waals surface area contributed by atoms with Crippen molar-refractivity contribution >= 4 is 11.5 Å². The van der Waals surface area contributed by atoms with Crippen LogP contribution < -0.4 is 5.32 Å². The molecule has 0 spiro atoms. The molecule has 6 nitrogen and oxygen atoms in total. The third kappa shape index (κ3) is 2.88. The van der Waals surface area contributed by atoms with E-state index in [4.69, 9.17) is 5.26 Å². The van der Waals surface area contributed by atoms with Gasteiger partial charge in [0, 0.05) is 35.5 Å². The molecular formula is C16H12N6. The van der Waals surface area contributed by atoms with Gasteiger partial charge in [-0.3, -0.25) is 0 Å². The third-order valence-corrected chi connectivity index (χ3v) is 3.00. The number of rotatable bonds is 3. The smallest absolute Gasteiger partial charge is 0.183 e. The lowest BCUT2D eigenvalue weighted by Gasteiger charge is -2.07. The van der Waals surface area contributed by atoms with Gasteiger partial charge in [0.15, 0.2) is 17.3 Å². The second-order valence-electron chi connectivity index (χ2n) is 4.59. The Morgan fingerprint density at radius 3 is 2.45 bits per heavy atom. The van der Waals surface area contributed by atoms with Gasteiger partial charge in [0.05, 0.1) is 0 Å². The molecule has 1 N–H and O–H groups in total. The molecule has 3 rings (SSSR count). The molecule has 0 bridgehead atoms. The van der Waals surface area contributed by atoms with Crippen molar-refractivity contribution < 1.29 is 0 Å². The molecular weight excluding hydrogens is 276 g/mol. The average Bonchev–Trinajstić information content (AvgIpc) is 2.56. The Hall–Kier alpha value is -3.33. The van der Waals surface area contributed by atoms with E-state index in [0.29, 0.717) is 11.6 Å². The molecule has 0 radical (unpaired) electrons. The van der Waals surface area contributed by atoms with Gasteiger partial charge in [-0.05, 0) is 37.3 Å². The second-order valence-corrected chi connectivity index (χ2v) is 4.59. The summed E-state index contributed by atoms with van der Waals surface area (Å²) in [6, 6.07) is 11.5. The van der Waals surface area contributed by atoms with Gasteiger partial charge in [0.25, 0.3) is 0 Å². The van der Waals surface area contributed by atoms with Crippen LogP contribution in [-0.4, -0.2) is 19.9 Å². The Labute approximate surface area is 127 Å². The molecule has 22 heavy (non-hydrogen) atoms. The van der Waals surface area contributed by atoms with Gasteiger partial charge in [-0.15, -0.1) is 0 Å². The van der Waals surface area contributed by atoms with Gasteiger partial charge >= 0.3 is 0 Å². The molecule has 106 valence electrons. The molecule has 0 saturated carbocycles. The van der Waals surface area contributed by atoms with E-state index in [2.05, 4.69) is 25.3 Å². The zero-order valence-corrected chi connectivity index (χ0v) is 11.9. The number of nitrogens with zero attached hydrogens (tertiary/aromatic N) is 5.